The average Bonchev–Trinajstić information content (AvgIpc) is 2.17. The van der Waals surface area contributed by atoms with Crippen LogP contribution in [0.1, 0.15) is 27.2 Å². The number of hydrogen-bond acceptors (Lipinski definition) is 2. The molecule has 15 heavy (non-hydrogen) atoms. The summed E-state index contributed by atoms with van der Waals surface area (Å²) < 4.78 is 6.37. The molecule has 0 atom stereocenters. The highest BCUT2D eigenvalue weighted by Gasteiger charge is 2.27. The smallest absolute Gasteiger partial charge is 0.316 e. The number of carbonyl (C=O) groups is 1. The van der Waals surface area contributed by atoms with Gasteiger partial charge in [-0.3, -0.25) is 4.79 Å². The summed E-state index contributed by atoms with van der Waals surface area (Å²) in [5, 5.41) is 0. The zero-order valence-corrected chi connectivity index (χ0v) is 11.4. The summed E-state index contributed by atoms with van der Waals surface area (Å²) in [4.78, 5) is 11.8. The van der Waals surface area contributed by atoms with E-state index in [1.165, 1.54) is 0 Å². The maximum absolute atomic E-state index is 11.8. The first kappa shape index (κ1) is 12.5. The number of halogens is 1. The van der Waals surface area contributed by atoms with E-state index in [0.29, 0.717) is 5.75 Å². The van der Waals surface area contributed by atoms with E-state index in [9.17, 15) is 4.79 Å². The molecule has 1 aromatic carbocycles. The predicted molar refractivity (Wildman–Crippen MR) is 68.9 cm³/mol. The van der Waals surface area contributed by atoms with Crippen LogP contribution in [0.25, 0.3) is 0 Å². The molecule has 1 aromatic rings. The predicted octanol–water partition coefficient (Wildman–Crippen LogP) is 3.63. The molecule has 0 spiro atoms. The van der Waals surface area contributed by atoms with E-state index in [-0.39, 0.29) is 5.97 Å². The second kappa shape index (κ2) is 4.96. The normalized spacial score (nSPS) is 11.2. The Labute approximate surface area is 104 Å². The highest BCUT2D eigenvalue weighted by Crippen LogP contribution is 2.24. The second-order valence-corrected chi connectivity index (χ2v) is 5.33. The van der Waals surface area contributed by atoms with Crippen molar-refractivity contribution in [2.75, 3.05) is 0 Å². The van der Waals surface area contributed by atoms with Crippen LogP contribution in [0.2, 0.25) is 0 Å². The van der Waals surface area contributed by atoms with Gasteiger partial charge < -0.3 is 4.74 Å². The van der Waals surface area contributed by atoms with Crippen molar-refractivity contribution in [2.24, 2.45) is 5.41 Å². The first-order chi connectivity index (χ1) is 6.95. The summed E-state index contributed by atoms with van der Waals surface area (Å²) >= 11 is 2.19. The van der Waals surface area contributed by atoms with Crippen LogP contribution in [-0.4, -0.2) is 5.97 Å². The van der Waals surface area contributed by atoms with Crippen molar-refractivity contribution in [3.63, 3.8) is 0 Å². The maximum Gasteiger partial charge on any atom is 0.316 e. The van der Waals surface area contributed by atoms with Gasteiger partial charge in [-0.2, -0.15) is 0 Å². The van der Waals surface area contributed by atoms with Gasteiger partial charge in [-0.1, -0.05) is 13.0 Å². The van der Waals surface area contributed by atoms with Crippen molar-refractivity contribution in [3.8, 4) is 5.75 Å². The Morgan fingerprint density at radius 2 is 2.13 bits per heavy atom. The average molecular weight is 318 g/mol. The minimum atomic E-state index is -0.415. The van der Waals surface area contributed by atoms with Crippen LogP contribution in [-0.2, 0) is 4.79 Å². The number of benzene rings is 1. The third-order valence-corrected chi connectivity index (χ3v) is 3.11. The van der Waals surface area contributed by atoms with E-state index < -0.39 is 5.41 Å². The number of carbonyl (C=O) groups excluding carboxylic acids is 1. The van der Waals surface area contributed by atoms with Gasteiger partial charge in [0.1, 0.15) is 5.75 Å². The highest BCUT2D eigenvalue weighted by molar-refractivity contribution is 14.1. The molecule has 0 unspecified atom stereocenters. The molecule has 0 heterocycles. The number of ether oxygens (including phenoxy) is 1. The molecule has 0 aliphatic carbocycles. The van der Waals surface area contributed by atoms with Gasteiger partial charge in [-0.15, -0.1) is 0 Å². The van der Waals surface area contributed by atoms with Crippen molar-refractivity contribution in [1.29, 1.82) is 0 Å². The molecule has 0 aliphatic heterocycles. The summed E-state index contributed by atoms with van der Waals surface area (Å²) in [6.07, 6.45) is 0.774. The molecule has 0 aromatic heterocycles. The van der Waals surface area contributed by atoms with Crippen molar-refractivity contribution < 1.29 is 9.53 Å². The first-order valence-corrected chi connectivity index (χ1v) is 6.01. The van der Waals surface area contributed by atoms with E-state index in [1.807, 2.05) is 39.0 Å². The monoisotopic (exact) mass is 318 g/mol. The van der Waals surface area contributed by atoms with E-state index in [1.54, 1.807) is 6.07 Å². The number of esters is 1. The lowest BCUT2D eigenvalue weighted by atomic mass is 9.91. The molecule has 0 bridgehead atoms. The van der Waals surface area contributed by atoms with Gasteiger partial charge in [0.25, 0.3) is 0 Å². The third-order valence-electron chi connectivity index (χ3n) is 2.44. The molecule has 0 fully saturated rings. The lowest BCUT2D eigenvalue weighted by molar-refractivity contribution is -0.144. The van der Waals surface area contributed by atoms with Gasteiger partial charge in [0, 0.05) is 3.57 Å². The lowest BCUT2D eigenvalue weighted by Gasteiger charge is -2.20. The standard InChI is InChI=1S/C12H15IO2/c1-4-12(2,3)11(14)15-10-7-5-6-9(13)8-10/h5-8H,4H2,1-3H3. The summed E-state index contributed by atoms with van der Waals surface area (Å²) in [7, 11) is 0. The van der Waals surface area contributed by atoms with Crippen LogP contribution >= 0.6 is 22.6 Å². The van der Waals surface area contributed by atoms with Crippen molar-refractivity contribution in [3.05, 3.63) is 27.8 Å². The van der Waals surface area contributed by atoms with Crippen molar-refractivity contribution in [1.82, 2.24) is 0 Å². The van der Waals surface area contributed by atoms with Gasteiger partial charge in [0.15, 0.2) is 0 Å². The summed E-state index contributed by atoms with van der Waals surface area (Å²) in [6, 6.07) is 7.49. The summed E-state index contributed by atoms with van der Waals surface area (Å²) in [5.41, 5.74) is -0.415. The Morgan fingerprint density at radius 3 is 2.67 bits per heavy atom. The van der Waals surface area contributed by atoms with Crippen LogP contribution in [0, 0.1) is 8.99 Å². The molecule has 0 N–H and O–H groups in total. The minimum Gasteiger partial charge on any atom is -0.426 e. The fourth-order valence-electron chi connectivity index (χ4n) is 0.920. The summed E-state index contributed by atoms with van der Waals surface area (Å²) in [5.74, 6) is 0.445. The molecule has 2 nitrogen and oxygen atoms in total. The van der Waals surface area contributed by atoms with Crippen LogP contribution < -0.4 is 4.74 Å². The molecule has 1 rings (SSSR count). The molecule has 0 saturated carbocycles. The SMILES string of the molecule is CCC(C)(C)C(=O)Oc1cccc(I)c1. The Bertz CT molecular complexity index is 358. The first-order valence-electron chi connectivity index (χ1n) is 4.93. The van der Waals surface area contributed by atoms with Crippen molar-refractivity contribution >= 4 is 28.6 Å². The maximum atomic E-state index is 11.8. The fourth-order valence-corrected chi connectivity index (χ4v) is 1.43. The Hall–Kier alpha value is -0.580. The van der Waals surface area contributed by atoms with E-state index >= 15 is 0 Å². The molecule has 0 radical (unpaired) electrons. The van der Waals surface area contributed by atoms with Crippen LogP contribution in [0.15, 0.2) is 24.3 Å². The molecule has 82 valence electrons. The fraction of sp³-hybridized carbons (Fsp3) is 0.417. The van der Waals surface area contributed by atoms with Crippen LogP contribution in [0.3, 0.4) is 0 Å². The van der Waals surface area contributed by atoms with E-state index in [0.717, 1.165) is 9.99 Å². The number of rotatable bonds is 3. The summed E-state index contributed by atoms with van der Waals surface area (Å²) in [6.45, 7) is 5.77. The Balaban J connectivity index is 2.75. The molecular formula is C12H15IO2. The number of hydrogen-bond donors (Lipinski definition) is 0. The van der Waals surface area contributed by atoms with Gasteiger partial charge in [-0.25, -0.2) is 0 Å². The molecule has 0 aliphatic rings. The zero-order valence-electron chi connectivity index (χ0n) is 9.21. The van der Waals surface area contributed by atoms with Crippen LogP contribution in [0.4, 0.5) is 0 Å². The minimum absolute atomic E-state index is 0.174. The lowest BCUT2D eigenvalue weighted by Crippen LogP contribution is -2.28. The molecule has 0 amide bonds. The molecular weight excluding hydrogens is 303 g/mol. The van der Waals surface area contributed by atoms with Gasteiger partial charge in [0.05, 0.1) is 5.41 Å². The van der Waals surface area contributed by atoms with Crippen LogP contribution in [0.5, 0.6) is 5.75 Å². The van der Waals surface area contributed by atoms with Gasteiger partial charge in [-0.05, 0) is 61.1 Å². The second-order valence-electron chi connectivity index (χ2n) is 4.08. The van der Waals surface area contributed by atoms with Gasteiger partial charge >= 0.3 is 5.97 Å². The zero-order chi connectivity index (χ0) is 11.5. The molecule has 3 heteroatoms. The van der Waals surface area contributed by atoms with Gasteiger partial charge in [0.2, 0.25) is 0 Å². The quantitative estimate of drug-likeness (QED) is 0.483. The Morgan fingerprint density at radius 1 is 1.47 bits per heavy atom. The van der Waals surface area contributed by atoms with E-state index in [2.05, 4.69) is 22.6 Å². The van der Waals surface area contributed by atoms with Crippen molar-refractivity contribution in [2.45, 2.75) is 27.2 Å². The topological polar surface area (TPSA) is 26.3 Å². The highest BCUT2D eigenvalue weighted by atomic mass is 127. The third kappa shape index (κ3) is 3.48. The largest absolute Gasteiger partial charge is 0.426 e. The Kier molecular flexibility index (Phi) is 4.13. The molecule has 0 saturated heterocycles. The van der Waals surface area contributed by atoms with E-state index in [4.69, 9.17) is 4.74 Å².